The van der Waals surface area contributed by atoms with Gasteiger partial charge in [-0.25, -0.2) is 0 Å². The van der Waals surface area contributed by atoms with Crippen LogP contribution in [0.2, 0.25) is 0 Å². The van der Waals surface area contributed by atoms with Crippen LogP contribution in [0.25, 0.3) is 0 Å². The van der Waals surface area contributed by atoms with Gasteiger partial charge in [0, 0.05) is 0 Å². The third-order valence-electron chi connectivity index (χ3n) is 3.53. The Morgan fingerprint density at radius 3 is 1.81 bits per heavy atom. The Bertz CT molecular complexity index is 537. The van der Waals surface area contributed by atoms with Crippen molar-refractivity contribution in [3.63, 3.8) is 0 Å². The number of hydrogen-bond donors (Lipinski definition) is 0. The van der Waals surface area contributed by atoms with E-state index in [1.165, 1.54) is 0 Å². The van der Waals surface area contributed by atoms with Gasteiger partial charge in [-0.15, -0.1) is 5.06 Å². The number of hydrogen-bond acceptors (Lipinski definition) is 3. The van der Waals surface area contributed by atoms with E-state index in [0.29, 0.717) is 13.1 Å². The summed E-state index contributed by atoms with van der Waals surface area (Å²) in [6.45, 7) is 1.21. The number of hydroxylamine groups is 2. The summed E-state index contributed by atoms with van der Waals surface area (Å²) < 4.78 is 0. The van der Waals surface area contributed by atoms with Crippen LogP contribution in [-0.2, 0) is 22.7 Å². The fourth-order valence-corrected chi connectivity index (χ4v) is 2.22. The molecule has 3 rings (SSSR count). The summed E-state index contributed by atoms with van der Waals surface area (Å²) in [4.78, 5) is 17.5. The molecule has 1 fully saturated rings. The largest absolute Gasteiger partial charge is 0.367 e. The van der Waals surface area contributed by atoms with E-state index in [1.54, 1.807) is 5.06 Å². The zero-order valence-electron chi connectivity index (χ0n) is 11.9. The van der Waals surface area contributed by atoms with Crippen LogP contribution in [0, 0.1) is 5.92 Å². The summed E-state index contributed by atoms with van der Waals surface area (Å²) in [6.07, 6.45) is 1.92. The van der Waals surface area contributed by atoms with Gasteiger partial charge < -0.3 is 4.84 Å². The molecule has 3 nitrogen and oxygen atoms in total. The minimum atomic E-state index is -0.0955. The molecule has 21 heavy (non-hydrogen) atoms. The number of rotatable bonds is 6. The molecule has 108 valence electrons. The van der Waals surface area contributed by atoms with Crippen molar-refractivity contribution in [3.05, 3.63) is 71.8 Å². The number of carbonyl (C=O) groups excluding carboxylic acids is 1. The van der Waals surface area contributed by atoms with E-state index in [0.717, 1.165) is 24.0 Å². The molecular weight excluding hydrogens is 262 g/mol. The zero-order valence-corrected chi connectivity index (χ0v) is 11.9. The third-order valence-corrected chi connectivity index (χ3v) is 3.53. The van der Waals surface area contributed by atoms with Crippen molar-refractivity contribution in [1.29, 1.82) is 0 Å². The highest BCUT2D eigenvalue weighted by molar-refractivity contribution is 5.74. The molecule has 0 amide bonds. The Balaban J connectivity index is 1.68. The average molecular weight is 281 g/mol. The lowest BCUT2D eigenvalue weighted by atomic mass is 10.2. The summed E-state index contributed by atoms with van der Waals surface area (Å²) in [6, 6.07) is 20.1. The van der Waals surface area contributed by atoms with Gasteiger partial charge in [-0.1, -0.05) is 60.7 Å². The van der Waals surface area contributed by atoms with Crippen molar-refractivity contribution in [2.45, 2.75) is 25.9 Å². The van der Waals surface area contributed by atoms with Crippen molar-refractivity contribution < 1.29 is 9.63 Å². The quantitative estimate of drug-likeness (QED) is 0.758. The smallest absolute Gasteiger partial charge is 0.328 e. The van der Waals surface area contributed by atoms with Crippen molar-refractivity contribution in [3.8, 4) is 0 Å². The van der Waals surface area contributed by atoms with Crippen LogP contribution in [0.15, 0.2) is 60.7 Å². The molecule has 0 aromatic heterocycles. The van der Waals surface area contributed by atoms with E-state index < -0.39 is 0 Å². The van der Waals surface area contributed by atoms with Gasteiger partial charge in [0.1, 0.15) is 0 Å². The Kier molecular flexibility index (Phi) is 4.31. The Hall–Kier alpha value is -2.13. The van der Waals surface area contributed by atoms with Crippen LogP contribution in [0.4, 0.5) is 0 Å². The Morgan fingerprint density at radius 1 is 0.905 bits per heavy atom. The van der Waals surface area contributed by atoms with Crippen LogP contribution < -0.4 is 0 Å². The third kappa shape index (κ3) is 4.17. The van der Waals surface area contributed by atoms with Crippen LogP contribution >= 0.6 is 0 Å². The van der Waals surface area contributed by atoms with Gasteiger partial charge in [0.2, 0.25) is 0 Å². The summed E-state index contributed by atoms with van der Waals surface area (Å²) in [5, 5.41) is 1.76. The second-order valence-electron chi connectivity index (χ2n) is 5.45. The molecule has 3 heteroatoms. The van der Waals surface area contributed by atoms with Crippen LogP contribution in [-0.4, -0.2) is 11.0 Å². The maximum Gasteiger partial charge on any atom is 0.328 e. The number of benzene rings is 2. The van der Waals surface area contributed by atoms with Crippen molar-refractivity contribution in [2.24, 2.45) is 5.92 Å². The molecule has 0 spiro atoms. The van der Waals surface area contributed by atoms with E-state index in [1.807, 2.05) is 60.7 Å². The van der Waals surface area contributed by atoms with E-state index in [2.05, 4.69) is 0 Å². The molecule has 0 radical (unpaired) electrons. The number of nitrogens with zero attached hydrogens (tertiary/aromatic N) is 1. The summed E-state index contributed by atoms with van der Waals surface area (Å²) >= 11 is 0. The molecule has 2 aromatic carbocycles. The van der Waals surface area contributed by atoms with E-state index in [9.17, 15) is 4.79 Å². The predicted octanol–water partition coefficient (Wildman–Crippen LogP) is 3.56. The molecule has 1 aliphatic carbocycles. The van der Waals surface area contributed by atoms with Crippen molar-refractivity contribution in [1.82, 2.24) is 5.06 Å². The molecule has 0 N–H and O–H groups in total. The van der Waals surface area contributed by atoms with Crippen molar-refractivity contribution >= 4 is 5.97 Å². The maximum absolute atomic E-state index is 11.9. The molecular formula is C18H19NO2. The lowest BCUT2D eigenvalue weighted by molar-refractivity contribution is -0.198. The van der Waals surface area contributed by atoms with Gasteiger partial charge in [0.05, 0.1) is 19.0 Å². The first-order valence-electron chi connectivity index (χ1n) is 7.36. The molecule has 0 bridgehead atoms. The Labute approximate surface area is 125 Å². The standard InChI is InChI=1S/C18H19NO2/c20-18(17-11-12-17)21-19(13-15-7-3-1-4-8-15)14-16-9-5-2-6-10-16/h1-10,17H,11-14H2. The topological polar surface area (TPSA) is 29.5 Å². The molecule has 0 aliphatic heterocycles. The van der Waals surface area contributed by atoms with Crippen LogP contribution in [0.5, 0.6) is 0 Å². The molecule has 2 aromatic rings. The fourth-order valence-electron chi connectivity index (χ4n) is 2.22. The first-order chi connectivity index (χ1) is 10.3. The lowest BCUT2D eigenvalue weighted by Gasteiger charge is -2.21. The summed E-state index contributed by atoms with van der Waals surface area (Å²) in [5.74, 6) is 0.0147. The SMILES string of the molecule is O=C(ON(Cc1ccccc1)Cc1ccccc1)C1CC1. The molecule has 0 saturated heterocycles. The summed E-state index contributed by atoms with van der Waals surface area (Å²) in [7, 11) is 0. The molecule has 0 heterocycles. The minimum absolute atomic E-state index is 0.0955. The van der Waals surface area contributed by atoms with Crippen molar-refractivity contribution in [2.75, 3.05) is 0 Å². The van der Waals surface area contributed by atoms with Gasteiger partial charge in [0.25, 0.3) is 0 Å². The highest BCUT2D eigenvalue weighted by Gasteiger charge is 2.33. The van der Waals surface area contributed by atoms with E-state index in [-0.39, 0.29) is 11.9 Å². The molecule has 0 unspecified atom stereocenters. The highest BCUT2D eigenvalue weighted by atomic mass is 16.7. The van der Waals surface area contributed by atoms with Crippen LogP contribution in [0.1, 0.15) is 24.0 Å². The van der Waals surface area contributed by atoms with Gasteiger partial charge >= 0.3 is 5.97 Å². The van der Waals surface area contributed by atoms with Gasteiger partial charge in [-0.2, -0.15) is 0 Å². The second kappa shape index (κ2) is 6.55. The molecule has 0 atom stereocenters. The minimum Gasteiger partial charge on any atom is -0.367 e. The number of carbonyl (C=O) groups is 1. The monoisotopic (exact) mass is 281 g/mol. The zero-order chi connectivity index (χ0) is 14.5. The lowest BCUT2D eigenvalue weighted by Crippen LogP contribution is -2.27. The normalized spacial score (nSPS) is 14.1. The van der Waals surface area contributed by atoms with Gasteiger partial charge in [0.15, 0.2) is 0 Å². The van der Waals surface area contributed by atoms with E-state index >= 15 is 0 Å². The maximum atomic E-state index is 11.9. The molecule has 1 saturated carbocycles. The molecule has 1 aliphatic rings. The highest BCUT2D eigenvalue weighted by Crippen LogP contribution is 2.30. The van der Waals surface area contributed by atoms with Crippen LogP contribution in [0.3, 0.4) is 0 Å². The first-order valence-corrected chi connectivity index (χ1v) is 7.36. The first kappa shape index (κ1) is 13.8. The fraction of sp³-hybridized carbons (Fsp3) is 0.278. The van der Waals surface area contributed by atoms with Gasteiger partial charge in [-0.05, 0) is 24.0 Å². The van der Waals surface area contributed by atoms with E-state index in [4.69, 9.17) is 4.84 Å². The Morgan fingerprint density at radius 2 is 1.38 bits per heavy atom. The predicted molar refractivity (Wildman–Crippen MR) is 80.9 cm³/mol. The summed E-state index contributed by atoms with van der Waals surface area (Å²) in [5.41, 5.74) is 2.27. The average Bonchev–Trinajstić information content (AvgIpc) is 3.34. The van der Waals surface area contributed by atoms with Gasteiger partial charge in [-0.3, -0.25) is 4.79 Å². The second-order valence-corrected chi connectivity index (χ2v) is 5.45.